The number of nitrogens with one attached hydrogen (secondary N) is 2. The number of ether oxygens (including phenoxy) is 1. The van der Waals surface area contributed by atoms with Crippen LogP contribution in [0.2, 0.25) is 0 Å². The number of esters is 1. The Bertz CT molecular complexity index is 1040. The number of hydrogen-bond acceptors (Lipinski definition) is 5. The van der Waals surface area contributed by atoms with Crippen LogP contribution in [0.25, 0.3) is 6.08 Å². The average molecular weight is 422 g/mol. The summed E-state index contributed by atoms with van der Waals surface area (Å²) in [6, 6.07) is 10.0. The quantitative estimate of drug-likeness (QED) is 0.386. The molecule has 0 aliphatic carbocycles. The molecule has 0 aliphatic rings. The van der Waals surface area contributed by atoms with E-state index >= 15 is 0 Å². The van der Waals surface area contributed by atoms with Gasteiger partial charge in [0.2, 0.25) is 0 Å². The molecule has 0 unspecified atom stereocenters. The van der Waals surface area contributed by atoms with Gasteiger partial charge in [-0.25, -0.2) is 4.79 Å². The predicted octanol–water partition coefficient (Wildman–Crippen LogP) is 2.96. The van der Waals surface area contributed by atoms with Gasteiger partial charge in [0, 0.05) is 36.2 Å². The van der Waals surface area contributed by atoms with E-state index in [1.54, 1.807) is 24.3 Å². The lowest BCUT2D eigenvalue weighted by Gasteiger charge is -2.08. The van der Waals surface area contributed by atoms with Crippen molar-refractivity contribution in [2.24, 2.45) is 0 Å². The summed E-state index contributed by atoms with van der Waals surface area (Å²) in [5.74, 6) is -1.66. The minimum Gasteiger partial charge on any atom is -0.451 e. The summed E-state index contributed by atoms with van der Waals surface area (Å²) in [4.78, 5) is 35.9. The van der Waals surface area contributed by atoms with Gasteiger partial charge in [0.15, 0.2) is 6.61 Å². The molecule has 2 rings (SSSR count). The molecule has 1 heterocycles. The van der Waals surface area contributed by atoms with Gasteiger partial charge in [-0.1, -0.05) is 6.92 Å². The SMILES string of the molecule is CCCn1c(C)cc(/C=C(\C#N)C(=O)OCC(=O)Nc2ccc(C(=O)NC)cc2)c1C. The summed E-state index contributed by atoms with van der Waals surface area (Å²) in [6.07, 6.45) is 2.45. The zero-order valence-electron chi connectivity index (χ0n) is 18.1. The molecule has 2 N–H and O–H groups in total. The van der Waals surface area contributed by atoms with E-state index in [-0.39, 0.29) is 11.5 Å². The number of nitrogens with zero attached hydrogens (tertiary/aromatic N) is 2. The van der Waals surface area contributed by atoms with Crippen LogP contribution in [0.3, 0.4) is 0 Å². The van der Waals surface area contributed by atoms with Gasteiger partial charge in [0.25, 0.3) is 11.8 Å². The van der Waals surface area contributed by atoms with E-state index in [1.165, 1.54) is 13.1 Å². The summed E-state index contributed by atoms with van der Waals surface area (Å²) in [5.41, 5.74) is 3.48. The number of carbonyl (C=O) groups is 3. The Morgan fingerprint density at radius 2 is 1.87 bits per heavy atom. The van der Waals surface area contributed by atoms with Crippen molar-refractivity contribution in [2.75, 3.05) is 19.0 Å². The summed E-state index contributed by atoms with van der Waals surface area (Å²) in [5, 5.41) is 14.4. The second-order valence-corrected chi connectivity index (χ2v) is 6.93. The third kappa shape index (κ3) is 6.06. The summed E-state index contributed by atoms with van der Waals surface area (Å²) in [7, 11) is 1.53. The lowest BCUT2D eigenvalue weighted by Crippen LogP contribution is -2.21. The lowest BCUT2D eigenvalue weighted by molar-refractivity contribution is -0.142. The van der Waals surface area contributed by atoms with Crippen LogP contribution < -0.4 is 10.6 Å². The fourth-order valence-corrected chi connectivity index (χ4v) is 3.09. The Kier molecular flexibility index (Phi) is 8.15. The largest absolute Gasteiger partial charge is 0.451 e. The molecule has 0 aliphatic heterocycles. The van der Waals surface area contributed by atoms with Gasteiger partial charge in [-0.3, -0.25) is 9.59 Å². The van der Waals surface area contributed by atoms with E-state index < -0.39 is 18.5 Å². The van der Waals surface area contributed by atoms with Crippen molar-refractivity contribution < 1.29 is 19.1 Å². The number of amides is 2. The smallest absolute Gasteiger partial charge is 0.349 e. The molecule has 0 saturated carbocycles. The minimum atomic E-state index is -0.868. The van der Waals surface area contributed by atoms with Crippen LogP contribution in [-0.4, -0.2) is 36.0 Å². The third-order valence-corrected chi connectivity index (χ3v) is 4.69. The molecule has 0 fully saturated rings. The van der Waals surface area contributed by atoms with E-state index in [4.69, 9.17) is 4.74 Å². The molecule has 0 bridgehead atoms. The molecule has 2 aromatic rings. The minimum absolute atomic E-state index is 0.181. The number of rotatable bonds is 8. The van der Waals surface area contributed by atoms with E-state index in [2.05, 4.69) is 22.1 Å². The van der Waals surface area contributed by atoms with Crippen LogP contribution in [0.1, 0.15) is 40.7 Å². The van der Waals surface area contributed by atoms with E-state index in [1.807, 2.05) is 26.0 Å². The second-order valence-electron chi connectivity index (χ2n) is 6.93. The van der Waals surface area contributed by atoms with Crippen LogP contribution in [0.15, 0.2) is 35.9 Å². The highest BCUT2D eigenvalue weighted by molar-refractivity contribution is 6.00. The molecular formula is C23H26N4O4. The normalized spacial score (nSPS) is 10.9. The highest BCUT2D eigenvalue weighted by atomic mass is 16.5. The number of carbonyl (C=O) groups excluding carboxylic acids is 3. The first-order valence-electron chi connectivity index (χ1n) is 9.88. The predicted molar refractivity (Wildman–Crippen MR) is 117 cm³/mol. The molecule has 162 valence electrons. The van der Waals surface area contributed by atoms with Crippen molar-refractivity contribution in [3.63, 3.8) is 0 Å². The van der Waals surface area contributed by atoms with Gasteiger partial charge in [0.1, 0.15) is 11.6 Å². The molecule has 8 heteroatoms. The first-order chi connectivity index (χ1) is 14.8. The first-order valence-corrected chi connectivity index (χ1v) is 9.88. The molecule has 1 aromatic heterocycles. The number of anilines is 1. The van der Waals surface area contributed by atoms with Gasteiger partial charge in [-0.15, -0.1) is 0 Å². The lowest BCUT2D eigenvalue weighted by atomic mass is 10.1. The van der Waals surface area contributed by atoms with Crippen molar-refractivity contribution in [1.29, 1.82) is 5.26 Å². The molecule has 0 spiro atoms. The Balaban J connectivity index is 1.99. The van der Waals surface area contributed by atoms with Crippen LogP contribution in [0.5, 0.6) is 0 Å². The number of aryl methyl sites for hydroxylation is 1. The molecule has 0 saturated heterocycles. The molecule has 8 nitrogen and oxygen atoms in total. The Morgan fingerprint density at radius 3 is 2.45 bits per heavy atom. The molecule has 2 amide bonds. The van der Waals surface area contributed by atoms with Crippen molar-refractivity contribution in [3.05, 3.63) is 58.4 Å². The summed E-state index contributed by atoms with van der Waals surface area (Å²) in [6.45, 7) is 6.29. The van der Waals surface area contributed by atoms with Crippen molar-refractivity contribution in [3.8, 4) is 6.07 Å². The third-order valence-electron chi connectivity index (χ3n) is 4.69. The van der Waals surface area contributed by atoms with Crippen molar-refractivity contribution in [2.45, 2.75) is 33.7 Å². The highest BCUT2D eigenvalue weighted by Crippen LogP contribution is 2.19. The Labute approximate surface area is 181 Å². The van der Waals surface area contributed by atoms with E-state index in [0.29, 0.717) is 11.3 Å². The topological polar surface area (TPSA) is 113 Å². The number of benzene rings is 1. The maximum absolute atomic E-state index is 12.3. The fraction of sp³-hybridized carbons (Fsp3) is 0.304. The van der Waals surface area contributed by atoms with Crippen LogP contribution in [0.4, 0.5) is 5.69 Å². The van der Waals surface area contributed by atoms with Gasteiger partial charge in [0.05, 0.1) is 0 Å². The maximum atomic E-state index is 12.3. The Morgan fingerprint density at radius 1 is 1.19 bits per heavy atom. The zero-order chi connectivity index (χ0) is 23.0. The number of nitriles is 1. The second kappa shape index (κ2) is 10.8. The number of aromatic nitrogens is 1. The molecule has 1 aromatic carbocycles. The monoisotopic (exact) mass is 422 g/mol. The van der Waals surface area contributed by atoms with E-state index in [0.717, 1.165) is 29.9 Å². The van der Waals surface area contributed by atoms with Gasteiger partial charge >= 0.3 is 5.97 Å². The summed E-state index contributed by atoms with van der Waals surface area (Å²) < 4.78 is 7.11. The van der Waals surface area contributed by atoms with Gasteiger partial charge in [-0.05, 0) is 62.2 Å². The maximum Gasteiger partial charge on any atom is 0.349 e. The van der Waals surface area contributed by atoms with Gasteiger partial charge in [-0.2, -0.15) is 5.26 Å². The van der Waals surface area contributed by atoms with Crippen molar-refractivity contribution >= 4 is 29.5 Å². The van der Waals surface area contributed by atoms with Crippen LogP contribution >= 0.6 is 0 Å². The first kappa shape index (κ1) is 23.4. The Hall–Kier alpha value is -3.86. The number of hydrogen-bond donors (Lipinski definition) is 2. The molecule has 0 radical (unpaired) electrons. The van der Waals surface area contributed by atoms with Crippen molar-refractivity contribution in [1.82, 2.24) is 9.88 Å². The average Bonchev–Trinajstić information content (AvgIpc) is 3.03. The zero-order valence-corrected chi connectivity index (χ0v) is 18.1. The fourth-order valence-electron chi connectivity index (χ4n) is 3.09. The van der Waals surface area contributed by atoms with Gasteiger partial charge < -0.3 is 19.9 Å². The molecule has 0 atom stereocenters. The summed E-state index contributed by atoms with van der Waals surface area (Å²) >= 11 is 0. The van der Waals surface area contributed by atoms with Crippen LogP contribution in [-0.2, 0) is 20.9 Å². The standard InChI is InChI=1S/C23H26N4O4/c1-5-10-27-15(2)11-18(16(27)3)12-19(13-24)23(30)31-14-21(28)26-20-8-6-17(7-9-20)22(29)25-4/h6-9,11-12H,5,10,14H2,1-4H3,(H,25,29)(H,26,28)/b19-12+. The molecular weight excluding hydrogens is 396 g/mol. The van der Waals surface area contributed by atoms with Crippen LogP contribution in [0, 0.1) is 25.2 Å². The van der Waals surface area contributed by atoms with E-state index in [9.17, 15) is 19.6 Å². The molecule has 31 heavy (non-hydrogen) atoms. The highest BCUT2D eigenvalue weighted by Gasteiger charge is 2.15.